The number of hydrogen-bond acceptors (Lipinski definition) is 1. The van der Waals surface area contributed by atoms with Crippen LogP contribution in [0.4, 0.5) is 0 Å². The molecule has 0 saturated heterocycles. The van der Waals surface area contributed by atoms with Crippen molar-refractivity contribution in [3.8, 4) is 0 Å². The van der Waals surface area contributed by atoms with Gasteiger partial charge in [-0.15, -0.1) is 0 Å². The van der Waals surface area contributed by atoms with Crippen LogP contribution in [-0.2, 0) is 0 Å². The predicted molar refractivity (Wildman–Crippen MR) is 92.3 cm³/mol. The van der Waals surface area contributed by atoms with E-state index in [9.17, 15) is 0 Å². The summed E-state index contributed by atoms with van der Waals surface area (Å²) >= 11 is 0. The van der Waals surface area contributed by atoms with Gasteiger partial charge >= 0.3 is 5.96 Å². The molecule has 0 unspecified atom stereocenters. The summed E-state index contributed by atoms with van der Waals surface area (Å²) < 4.78 is 2.10. The Bertz CT molecular complexity index is 330. The second kappa shape index (κ2) is 10.3. The number of nitrogens with zero attached hydrogens (tertiary/aromatic N) is 5. The smallest absolute Gasteiger partial charge is 0.347 e. The minimum atomic E-state index is 0.892. The average Bonchev–Trinajstić information content (AvgIpc) is 2.34. The van der Waals surface area contributed by atoms with Gasteiger partial charge < -0.3 is 9.80 Å². The Morgan fingerprint density at radius 2 is 1.43 bits per heavy atom. The second-order valence-electron chi connectivity index (χ2n) is 6.07. The monoisotopic (exact) mass is 299 g/mol. The number of aliphatic imine (C=N–C) groups is 1. The zero-order valence-corrected chi connectivity index (χ0v) is 15.3. The lowest BCUT2D eigenvalue weighted by Crippen LogP contribution is -2.42. The fraction of sp³-hybridized carbons (Fsp3) is 0.867. The Kier molecular flexibility index (Phi) is 9.58. The number of unbranched alkanes of at least 4 members (excludes halogenated alkanes) is 2. The van der Waals surface area contributed by atoms with Crippen molar-refractivity contribution in [3.63, 3.8) is 0 Å². The van der Waals surface area contributed by atoms with E-state index in [1.807, 2.05) is 28.2 Å². The van der Waals surface area contributed by atoms with E-state index in [1.54, 1.807) is 0 Å². The molecule has 0 aliphatic heterocycles. The van der Waals surface area contributed by atoms with Crippen molar-refractivity contribution in [2.75, 3.05) is 69.5 Å². The van der Waals surface area contributed by atoms with E-state index in [2.05, 4.69) is 57.8 Å². The third-order valence-electron chi connectivity index (χ3n) is 3.02. The third-order valence-corrected chi connectivity index (χ3v) is 3.02. The molecule has 0 rings (SSSR count). The van der Waals surface area contributed by atoms with Gasteiger partial charge in [-0.2, -0.15) is 0 Å². The molecule has 21 heavy (non-hydrogen) atoms. The molecule has 1 N–H and O–H groups in total. The highest BCUT2D eigenvalue weighted by Crippen LogP contribution is 1.97. The molecule has 0 atom stereocenters. The van der Waals surface area contributed by atoms with E-state index in [-0.39, 0.29) is 0 Å². The first-order valence-electron chi connectivity index (χ1n) is 7.62. The van der Waals surface area contributed by atoms with Crippen molar-refractivity contribution in [2.24, 2.45) is 4.99 Å². The lowest BCUT2D eigenvalue weighted by atomic mass is 10.2. The highest BCUT2D eigenvalue weighted by molar-refractivity contribution is 5.79. The van der Waals surface area contributed by atoms with Crippen LogP contribution in [0, 0.1) is 0 Å². The van der Waals surface area contributed by atoms with Crippen molar-refractivity contribution in [1.82, 2.24) is 20.0 Å². The zero-order chi connectivity index (χ0) is 16.4. The Morgan fingerprint density at radius 3 is 1.86 bits per heavy atom. The van der Waals surface area contributed by atoms with Gasteiger partial charge in [-0.3, -0.25) is 19.8 Å². The summed E-state index contributed by atoms with van der Waals surface area (Å²) in [5.41, 5.74) is 0. The van der Waals surface area contributed by atoms with E-state index < -0.39 is 0 Å². The number of hydrogen-bond donors (Lipinski definition) is 1. The highest BCUT2D eigenvalue weighted by atomic mass is 15.3. The van der Waals surface area contributed by atoms with Gasteiger partial charge in [-0.25, -0.2) is 0 Å². The van der Waals surface area contributed by atoms with Gasteiger partial charge in [0.2, 0.25) is 0 Å². The molecule has 6 nitrogen and oxygen atoms in total. The number of rotatable bonds is 6. The Balaban J connectivity index is 3.93. The maximum atomic E-state index is 4.64. The maximum absolute atomic E-state index is 4.64. The summed E-state index contributed by atoms with van der Waals surface area (Å²) in [6.45, 7) is 1.90. The largest absolute Gasteiger partial charge is 0.349 e. The molecule has 0 fully saturated rings. The molecule has 0 amide bonds. The van der Waals surface area contributed by atoms with Crippen LogP contribution in [0.15, 0.2) is 4.99 Å². The molecule has 0 aliphatic carbocycles. The summed E-state index contributed by atoms with van der Waals surface area (Å²) in [5, 5.41) is 3.47. The predicted octanol–water partition coefficient (Wildman–Crippen LogP) is 0.415. The van der Waals surface area contributed by atoms with Crippen LogP contribution in [0.3, 0.4) is 0 Å². The van der Waals surface area contributed by atoms with E-state index in [0.29, 0.717) is 0 Å². The van der Waals surface area contributed by atoms with Crippen molar-refractivity contribution in [2.45, 2.75) is 19.3 Å². The standard InChI is InChI=1S/C15H34N6/c1-18(2)14(19(3)4)16-12-10-9-11-13-17-15(20(5)6)21(7)8/h9-13H2,1-8H3/p+1. The first kappa shape index (κ1) is 19.5. The molecular weight excluding hydrogens is 264 g/mol. The number of nitrogens with one attached hydrogen (secondary N) is 1. The van der Waals surface area contributed by atoms with Gasteiger partial charge in [0.05, 0.1) is 34.7 Å². The molecule has 0 saturated carbocycles. The molecule has 0 aromatic carbocycles. The van der Waals surface area contributed by atoms with Gasteiger partial charge in [0.25, 0.3) is 0 Å². The van der Waals surface area contributed by atoms with Crippen molar-refractivity contribution in [3.05, 3.63) is 0 Å². The SMILES string of the molecule is CN(C)C(=NCCCCCNC(N(C)C)=[N+](C)C)N(C)C. The first-order chi connectivity index (χ1) is 9.77. The maximum Gasteiger partial charge on any atom is 0.347 e. The van der Waals surface area contributed by atoms with Crippen LogP contribution < -0.4 is 5.32 Å². The summed E-state index contributed by atoms with van der Waals surface area (Å²) in [4.78, 5) is 10.8. The Morgan fingerprint density at radius 1 is 0.857 bits per heavy atom. The molecule has 0 spiro atoms. The van der Waals surface area contributed by atoms with Gasteiger partial charge in [-0.1, -0.05) is 0 Å². The highest BCUT2D eigenvalue weighted by Gasteiger charge is 2.09. The molecule has 0 bridgehead atoms. The van der Waals surface area contributed by atoms with Crippen molar-refractivity contribution >= 4 is 11.9 Å². The van der Waals surface area contributed by atoms with Gasteiger partial charge in [0, 0.05) is 34.7 Å². The molecule has 0 aliphatic rings. The molecule has 0 radical (unpaired) electrons. The fourth-order valence-corrected chi connectivity index (χ4v) is 2.19. The second-order valence-corrected chi connectivity index (χ2v) is 6.07. The molecule has 0 aromatic rings. The van der Waals surface area contributed by atoms with E-state index >= 15 is 0 Å². The quantitative estimate of drug-likeness (QED) is 0.334. The van der Waals surface area contributed by atoms with Crippen molar-refractivity contribution in [1.29, 1.82) is 0 Å². The van der Waals surface area contributed by atoms with Crippen LogP contribution in [0.25, 0.3) is 0 Å². The van der Waals surface area contributed by atoms with E-state index in [0.717, 1.165) is 31.4 Å². The Hall–Kier alpha value is -1.46. The zero-order valence-electron chi connectivity index (χ0n) is 15.3. The topological polar surface area (TPSA) is 37.1 Å². The lowest BCUT2D eigenvalue weighted by Gasteiger charge is -2.22. The van der Waals surface area contributed by atoms with Crippen molar-refractivity contribution < 1.29 is 4.58 Å². The van der Waals surface area contributed by atoms with E-state index in [1.165, 1.54) is 12.8 Å². The molecule has 6 heteroatoms. The normalized spacial score (nSPS) is 9.90. The molecule has 124 valence electrons. The summed E-state index contributed by atoms with van der Waals surface area (Å²) in [7, 11) is 16.3. The summed E-state index contributed by atoms with van der Waals surface area (Å²) in [6.07, 6.45) is 3.49. The summed E-state index contributed by atoms with van der Waals surface area (Å²) in [5.74, 6) is 2.18. The summed E-state index contributed by atoms with van der Waals surface area (Å²) in [6, 6.07) is 0. The minimum absolute atomic E-state index is 0.892. The van der Waals surface area contributed by atoms with Gasteiger partial charge in [0.15, 0.2) is 5.96 Å². The van der Waals surface area contributed by atoms with Crippen LogP contribution in [0.5, 0.6) is 0 Å². The van der Waals surface area contributed by atoms with Crippen LogP contribution in [0.2, 0.25) is 0 Å². The fourth-order valence-electron chi connectivity index (χ4n) is 2.19. The molecule has 0 heterocycles. The van der Waals surface area contributed by atoms with E-state index in [4.69, 9.17) is 0 Å². The average molecular weight is 299 g/mol. The van der Waals surface area contributed by atoms with Crippen LogP contribution in [-0.4, -0.2) is 101 Å². The molecular formula is C15H35N6+. The third kappa shape index (κ3) is 8.42. The van der Waals surface area contributed by atoms with Crippen LogP contribution in [0.1, 0.15) is 19.3 Å². The number of guanidine groups is 2. The Labute approximate surface area is 131 Å². The minimum Gasteiger partial charge on any atom is -0.349 e. The first-order valence-corrected chi connectivity index (χ1v) is 7.62. The molecule has 0 aromatic heterocycles. The lowest BCUT2D eigenvalue weighted by molar-refractivity contribution is -0.472. The van der Waals surface area contributed by atoms with Gasteiger partial charge in [-0.05, 0) is 19.3 Å². The van der Waals surface area contributed by atoms with Crippen LogP contribution >= 0.6 is 0 Å². The van der Waals surface area contributed by atoms with Gasteiger partial charge in [0.1, 0.15) is 0 Å².